The molecule has 0 spiro atoms. The van der Waals surface area contributed by atoms with Crippen LogP contribution in [0.25, 0.3) is 0 Å². The third-order valence-electron chi connectivity index (χ3n) is 4.80. The van der Waals surface area contributed by atoms with E-state index in [9.17, 15) is 0 Å². The van der Waals surface area contributed by atoms with Gasteiger partial charge in [-0.25, -0.2) is 0 Å². The van der Waals surface area contributed by atoms with Gasteiger partial charge in [0.1, 0.15) is 0 Å². The van der Waals surface area contributed by atoms with Gasteiger partial charge >= 0.3 is 0 Å². The zero-order valence-electron chi connectivity index (χ0n) is 11.4. The summed E-state index contributed by atoms with van der Waals surface area (Å²) < 4.78 is 5.83. The van der Waals surface area contributed by atoms with Gasteiger partial charge in [-0.05, 0) is 35.8 Å². The number of rotatable bonds is 3. The van der Waals surface area contributed by atoms with E-state index < -0.39 is 9.04 Å². The molecule has 0 aliphatic heterocycles. The molecule has 0 bridgehead atoms. The molecule has 1 nitrogen and oxygen atoms in total. The van der Waals surface area contributed by atoms with E-state index in [4.69, 9.17) is 4.12 Å². The highest BCUT2D eigenvalue weighted by Gasteiger charge is 2.36. The number of hydrogen-bond donors (Lipinski definition) is 0. The molecule has 0 heterocycles. The molecule has 0 aromatic heterocycles. The molecule has 0 aromatic carbocycles. The van der Waals surface area contributed by atoms with Crippen LogP contribution in [0.4, 0.5) is 0 Å². The van der Waals surface area contributed by atoms with Crippen molar-refractivity contribution in [2.24, 2.45) is 11.8 Å². The molecule has 0 N–H and O–H groups in total. The summed E-state index contributed by atoms with van der Waals surface area (Å²) in [6.45, 7) is 4.84. The van der Waals surface area contributed by atoms with Gasteiger partial charge in [-0.1, -0.05) is 52.4 Å². The molecule has 4 radical (unpaired) electrons. The Labute approximate surface area is 112 Å². The Balaban J connectivity index is 1.94. The van der Waals surface area contributed by atoms with E-state index in [2.05, 4.69) is 24.3 Å². The van der Waals surface area contributed by atoms with Gasteiger partial charge in [-0.3, -0.25) is 0 Å². The molecule has 2 rings (SSSR count). The zero-order chi connectivity index (χ0) is 12.3. The van der Waals surface area contributed by atoms with Crippen LogP contribution in [0.5, 0.6) is 0 Å². The lowest BCUT2D eigenvalue weighted by Crippen LogP contribution is -2.35. The SMILES string of the molecule is CC1CCCC([Si](O[Si])C2CCCC(C)C2)C1. The standard InChI is InChI=1S/C14H26OSi2/c1-11-5-3-7-13(9-11)17(15-16)14-8-4-6-12(2)10-14/h11-14H,3-10H2,1-2H3. The van der Waals surface area contributed by atoms with Crippen LogP contribution in [-0.4, -0.2) is 19.5 Å². The fourth-order valence-corrected chi connectivity index (χ4v) is 8.13. The van der Waals surface area contributed by atoms with Crippen molar-refractivity contribution in [3.8, 4) is 0 Å². The molecule has 17 heavy (non-hydrogen) atoms. The molecule has 2 aliphatic rings. The van der Waals surface area contributed by atoms with Gasteiger partial charge in [0.25, 0.3) is 0 Å². The molecular formula is C14H26OSi2. The highest BCUT2D eigenvalue weighted by Crippen LogP contribution is 2.44. The first-order valence-electron chi connectivity index (χ1n) is 7.41. The maximum Gasteiger partial charge on any atom is 0.229 e. The maximum atomic E-state index is 5.83. The summed E-state index contributed by atoms with van der Waals surface area (Å²) in [6, 6.07) is 0. The summed E-state index contributed by atoms with van der Waals surface area (Å²) in [5.74, 6) is 1.85. The Hall–Kier alpha value is 0.394. The van der Waals surface area contributed by atoms with Crippen LogP contribution < -0.4 is 0 Å². The molecule has 2 aliphatic carbocycles. The lowest BCUT2D eigenvalue weighted by Gasteiger charge is -2.38. The van der Waals surface area contributed by atoms with Crippen LogP contribution in [0.3, 0.4) is 0 Å². The van der Waals surface area contributed by atoms with Crippen molar-refractivity contribution in [2.45, 2.75) is 76.3 Å². The largest absolute Gasteiger partial charge is 0.457 e. The summed E-state index contributed by atoms with van der Waals surface area (Å²) >= 11 is 0. The lowest BCUT2D eigenvalue weighted by molar-refractivity contribution is 0.333. The average Bonchev–Trinajstić information content (AvgIpc) is 2.30. The third-order valence-corrected chi connectivity index (χ3v) is 8.40. The van der Waals surface area contributed by atoms with Crippen LogP contribution in [0.15, 0.2) is 0 Å². The van der Waals surface area contributed by atoms with Gasteiger partial charge in [-0.2, -0.15) is 0 Å². The molecule has 3 heteroatoms. The Morgan fingerprint density at radius 1 is 0.882 bits per heavy atom. The number of hydrogen-bond acceptors (Lipinski definition) is 1. The quantitative estimate of drug-likeness (QED) is 0.694. The molecule has 4 atom stereocenters. The van der Waals surface area contributed by atoms with Crippen molar-refractivity contribution in [1.82, 2.24) is 0 Å². The first-order chi connectivity index (χ1) is 8.20. The second kappa shape index (κ2) is 6.53. The van der Waals surface area contributed by atoms with Crippen molar-refractivity contribution in [3.63, 3.8) is 0 Å². The molecule has 0 aromatic rings. The molecule has 0 saturated heterocycles. The van der Waals surface area contributed by atoms with E-state index >= 15 is 0 Å². The van der Waals surface area contributed by atoms with E-state index in [-0.39, 0.29) is 0 Å². The third kappa shape index (κ3) is 3.68. The molecule has 2 fully saturated rings. The van der Waals surface area contributed by atoms with Crippen LogP contribution in [0.2, 0.25) is 11.1 Å². The predicted molar refractivity (Wildman–Crippen MR) is 75.4 cm³/mol. The fourth-order valence-electron chi connectivity index (χ4n) is 3.89. The zero-order valence-corrected chi connectivity index (χ0v) is 13.4. The summed E-state index contributed by atoms with van der Waals surface area (Å²) in [7, 11) is 2.79. The Bertz CT molecular complexity index is 212. The predicted octanol–water partition coefficient (Wildman–Crippen LogP) is 4.24. The monoisotopic (exact) mass is 266 g/mol. The van der Waals surface area contributed by atoms with E-state index in [1.807, 2.05) is 0 Å². The molecule has 2 saturated carbocycles. The highest BCUT2D eigenvalue weighted by atomic mass is 28.3. The van der Waals surface area contributed by atoms with Gasteiger partial charge < -0.3 is 4.12 Å². The smallest absolute Gasteiger partial charge is 0.229 e. The van der Waals surface area contributed by atoms with Crippen LogP contribution in [0, 0.1) is 11.8 Å². The first-order valence-corrected chi connectivity index (χ1v) is 9.38. The van der Waals surface area contributed by atoms with Gasteiger partial charge in [-0.15, -0.1) is 0 Å². The van der Waals surface area contributed by atoms with Gasteiger partial charge in [0.2, 0.25) is 19.5 Å². The minimum atomic E-state index is -0.637. The van der Waals surface area contributed by atoms with Gasteiger partial charge in [0.05, 0.1) is 0 Å². The summed E-state index contributed by atoms with van der Waals surface area (Å²) in [5, 5.41) is 0. The van der Waals surface area contributed by atoms with Crippen molar-refractivity contribution >= 4 is 19.5 Å². The Morgan fingerprint density at radius 3 is 1.71 bits per heavy atom. The summed E-state index contributed by atoms with van der Waals surface area (Å²) in [5.41, 5.74) is 1.80. The molecule has 0 amide bonds. The topological polar surface area (TPSA) is 9.23 Å². The minimum Gasteiger partial charge on any atom is -0.457 e. The van der Waals surface area contributed by atoms with E-state index in [1.165, 1.54) is 51.4 Å². The molecular weight excluding hydrogens is 240 g/mol. The average molecular weight is 267 g/mol. The van der Waals surface area contributed by atoms with Crippen molar-refractivity contribution in [2.75, 3.05) is 0 Å². The van der Waals surface area contributed by atoms with E-state index in [0.717, 1.165) is 22.9 Å². The van der Waals surface area contributed by atoms with Crippen molar-refractivity contribution in [1.29, 1.82) is 0 Å². The van der Waals surface area contributed by atoms with Crippen molar-refractivity contribution < 1.29 is 4.12 Å². The second-order valence-corrected chi connectivity index (χ2v) is 9.70. The Morgan fingerprint density at radius 2 is 1.35 bits per heavy atom. The summed E-state index contributed by atoms with van der Waals surface area (Å²) in [6.07, 6.45) is 11.4. The lowest BCUT2D eigenvalue weighted by atomic mass is 9.90. The van der Waals surface area contributed by atoms with E-state index in [1.54, 1.807) is 0 Å². The highest BCUT2D eigenvalue weighted by molar-refractivity contribution is 6.58. The van der Waals surface area contributed by atoms with Gasteiger partial charge in [0.15, 0.2) is 0 Å². The maximum absolute atomic E-state index is 5.83. The van der Waals surface area contributed by atoms with Gasteiger partial charge in [0, 0.05) is 0 Å². The van der Waals surface area contributed by atoms with Crippen LogP contribution in [-0.2, 0) is 4.12 Å². The molecule has 96 valence electrons. The van der Waals surface area contributed by atoms with Crippen LogP contribution >= 0.6 is 0 Å². The Kier molecular flexibility index (Phi) is 5.31. The van der Waals surface area contributed by atoms with Crippen LogP contribution in [0.1, 0.15) is 65.2 Å². The second-order valence-electron chi connectivity index (χ2n) is 6.44. The summed E-state index contributed by atoms with van der Waals surface area (Å²) in [4.78, 5) is 0. The normalized spacial score (nSPS) is 39.5. The fraction of sp³-hybridized carbons (Fsp3) is 1.00. The van der Waals surface area contributed by atoms with E-state index in [0.29, 0.717) is 0 Å². The molecule has 4 unspecified atom stereocenters. The first kappa shape index (κ1) is 13.8. The van der Waals surface area contributed by atoms with Crippen molar-refractivity contribution in [3.05, 3.63) is 0 Å². The minimum absolute atomic E-state index is 0.637.